The molecule has 4 rings (SSSR count). The summed E-state index contributed by atoms with van der Waals surface area (Å²) in [6.45, 7) is 7.55. The minimum Gasteiger partial charge on any atom is -0.464 e. The van der Waals surface area contributed by atoms with E-state index >= 15 is 0 Å². The van der Waals surface area contributed by atoms with Crippen LogP contribution in [0.25, 0.3) is 0 Å². The molecule has 0 saturated carbocycles. The van der Waals surface area contributed by atoms with Gasteiger partial charge in [0.25, 0.3) is 5.91 Å². The van der Waals surface area contributed by atoms with Crippen LogP contribution in [0, 0.1) is 12.7 Å². The Morgan fingerprint density at radius 2 is 1.71 bits per heavy atom. The first-order valence-electron chi connectivity index (χ1n) is 11.6. The third-order valence-electron chi connectivity index (χ3n) is 6.16. The first-order valence-corrected chi connectivity index (χ1v) is 13.1. The number of benzene rings is 2. The number of carbonyl (C=O) groups excluding carboxylic acids is 1. The summed E-state index contributed by atoms with van der Waals surface area (Å²) in [7, 11) is -3.77. The van der Waals surface area contributed by atoms with Gasteiger partial charge in [0.1, 0.15) is 17.3 Å². The van der Waals surface area contributed by atoms with Crippen LogP contribution in [0.4, 0.5) is 10.1 Å². The normalized spacial score (nSPS) is 14.9. The number of piperazine rings is 1. The molecule has 0 radical (unpaired) electrons. The second-order valence-electron chi connectivity index (χ2n) is 8.93. The SMILES string of the molecule is Cc1ccc(CN(C(=O)c2cccc(S(=O)(=O)N3CCN(c4ccc(F)cc4)CC3)c2)C(C)C)o1. The van der Waals surface area contributed by atoms with Crippen molar-refractivity contribution in [2.24, 2.45) is 0 Å². The summed E-state index contributed by atoms with van der Waals surface area (Å²) in [5.74, 6) is 0.878. The van der Waals surface area contributed by atoms with E-state index in [4.69, 9.17) is 4.42 Å². The van der Waals surface area contributed by atoms with Gasteiger partial charge in [-0.1, -0.05) is 6.07 Å². The molecule has 2 aromatic carbocycles. The minimum absolute atomic E-state index is 0.0936. The number of nitrogens with zero attached hydrogens (tertiary/aromatic N) is 3. The lowest BCUT2D eigenvalue weighted by atomic mass is 10.1. The Kier molecular flexibility index (Phi) is 7.28. The van der Waals surface area contributed by atoms with Crippen molar-refractivity contribution in [1.82, 2.24) is 9.21 Å². The molecule has 9 heteroatoms. The fourth-order valence-corrected chi connectivity index (χ4v) is 5.64. The number of hydrogen-bond donors (Lipinski definition) is 0. The Bertz CT molecular complexity index is 1280. The van der Waals surface area contributed by atoms with Gasteiger partial charge in [0, 0.05) is 43.5 Å². The zero-order valence-corrected chi connectivity index (χ0v) is 21.0. The van der Waals surface area contributed by atoms with Crippen LogP contribution >= 0.6 is 0 Å². The number of rotatable bonds is 7. The topological polar surface area (TPSA) is 74.1 Å². The molecule has 0 unspecified atom stereocenters. The van der Waals surface area contributed by atoms with E-state index in [1.165, 1.54) is 28.6 Å². The summed E-state index contributed by atoms with van der Waals surface area (Å²) >= 11 is 0. The van der Waals surface area contributed by atoms with Gasteiger partial charge in [0.2, 0.25) is 10.0 Å². The fourth-order valence-electron chi connectivity index (χ4n) is 4.17. The summed E-state index contributed by atoms with van der Waals surface area (Å²) in [4.78, 5) is 17.1. The average molecular weight is 500 g/mol. The molecular formula is C26H30FN3O4S. The van der Waals surface area contributed by atoms with E-state index in [1.54, 1.807) is 29.2 Å². The summed E-state index contributed by atoms with van der Waals surface area (Å²) < 4.78 is 47.0. The van der Waals surface area contributed by atoms with Gasteiger partial charge >= 0.3 is 0 Å². The predicted octanol–water partition coefficient (Wildman–Crippen LogP) is 4.29. The van der Waals surface area contributed by atoms with E-state index in [1.807, 2.05) is 37.8 Å². The lowest BCUT2D eigenvalue weighted by molar-refractivity contribution is 0.0675. The largest absolute Gasteiger partial charge is 0.464 e. The fraction of sp³-hybridized carbons (Fsp3) is 0.346. The first kappa shape index (κ1) is 24.9. The van der Waals surface area contributed by atoms with E-state index in [0.717, 1.165) is 11.4 Å². The van der Waals surface area contributed by atoms with Crippen LogP contribution in [0.1, 0.15) is 35.7 Å². The van der Waals surface area contributed by atoms with Crippen molar-refractivity contribution in [2.75, 3.05) is 31.1 Å². The van der Waals surface area contributed by atoms with Crippen LogP contribution in [-0.2, 0) is 16.6 Å². The molecule has 0 aliphatic carbocycles. The molecule has 35 heavy (non-hydrogen) atoms. The van der Waals surface area contributed by atoms with Crippen molar-refractivity contribution in [1.29, 1.82) is 0 Å². The summed E-state index contributed by atoms with van der Waals surface area (Å²) in [5, 5.41) is 0. The predicted molar refractivity (Wildman–Crippen MR) is 132 cm³/mol. The lowest BCUT2D eigenvalue weighted by Crippen LogP contribution is -2.48. The van der Waals surface area contributed by atoms with Gasteiger partial charge < -0.3 is 14.2 Å². The molecule has 1 aliphatic rings. The van der Waals surface area contributed by atoms with Crippen molar-refractivity contribution >= 4 is 21.6 Å². The van der Waals surface area contributed by atoms with Crippen LogP contribution < -0.4 is 4.90 Å². The molecule has 0 bridgehead atoms. The maximum atomic E-state index is 13.4. The molecule has 2 heterocycles. The molecule has 186 valence electrons. The van der Waals surface area contributed by atoms with Gasteiger partial charge in [0.05, 0.1) is 11.4 Å². The van der Waals surface area contributed by atoms with Gasteiger partial charge in [-0.3, -0.25) is 4.79 Å². The van der Waals surface area contributed by atoms with Gasteiger partial charge in [-0.2, -0.15) is 4.31 Å². The number of furan rings is 1. The Balaban J connectivity index is 1.49. The van der Waals surface area contributed by atoms with E-state index < -0.39 is 10.0 Å². The number of amides is 1. The van der Waals surface area contributed by atoms with Crippen molar-refractivity contribution in [2.45, 2.75) is 38.3 Å². The highest BCUT2D eigenvalue weighted by molar-refractivity contribution is 7.89. The molecule has 1 amide bonds. The molecule has 1 fully saturated rings. The number of halogens is 1. The van der Waals surface area contributed by atoms with E-state index in [-0.39, 0.29) is 22.7 Å². The molecule has 0 N–H and O–H groups in total. The molecule has 3 aromatic rings. The van der Waals surface area contributed by atoms with Gasteiger partial charge in [-0.05, 0) is 75.4 Å². The molecule has 1 saturated heterocycles. The molecule has 1 aromatic heterocycles. The Hall–Kier alpha value is -3.17. The lowest BCUT2D eigenvalue weighted by Gasteiger charge is -2.35. The van der Waals surface area contributed by atoms with Crippen LogP contribution in [0.15, 0.2) is 70.0 Å². The number of sulfonamides is 1. The first-order chi connectivity index (χ1) is 16.6. The second-order valence-corrected chi connectivity index (χ2v) is 10.9. The van der Waals surface area contributed by atoms with Crippen molar-refractivity contribution < 1.29 is 22.0 Å². The van der Waals surface area contributed by atoms with E-state index in [9.17, 15) is 17.6 Å². The van der Waals surface area contributed by atoms with Crippen molar-refractivity contribution in [3.8, 4) is 0 Å². The summed E-state index contributed by atoms with van der Waals surface area (Å²) in [6, 6.07) is 16.0. The molecule has 0 spiro atoms. The van der Waals surface area contributed by atoms with E-state index in [2.05, 4.69) is 0 Å². The standard InChI is InChI=1S/C26H30FN3O4S/c1-19(2)30(18-24-12-7-20(3)34-24)26(31)21-5-4-6-25(17-21)35(32,33)29-15-13-28(14-16-29)23-10-8-22(27)9-11-23/h4-12,17,19H,13-16,18H2,1-3H3. The highest BCUT2D eigenvalue weighted by atomic mass is 32.2. The number of anilines is 1. The Morgan fingerprint density at radius 3 is 2.31 bits per heavy atom. The Labute approximate surface area is 205 Å². The zero-order valence-electron chi connectivity index (χ0n) is 20.1. The molecule has 7 nitrogen and oxygen atoms in total. The average Bonchev–Trinajstić information content (AvgIpc) is 3.27. The molecule has 1 aliphatic heterocycles. The minimum atomic E-state index is -3.77. The van der Waals surface area contributed by atoms with E-state index in [0.29, 0.717) is 44.0 Å². The smallest absolute Gasteiger partial charge is 0.254 e. The number of hydrogen-bond acceptors (Lipinski definition) is 5. The van der Waals surface area contributed by atoms with Crippen LogP contribution in [0.3, 0.4) is 0 Å². The zero-order chi connectivity index (χ0) is 25.2. The van der Waals surface area contributed by atoms with Crippen molar-refractivity contribution in [3.63, 3.8) is 0 Å². The summed E-state index contributed by atoms with van der Waals surface area (Å²) in [5.41, 5.74) is 1.17. The maximum Gasteiger partial charge on any atom is 0.254 e. The van der Waals surface area contributed by atoms with Gasteiger partial charge in [-0.15, -0.1) is 0 Å². The Morgan fingerprint density at radius 1 is 1.03 bits per heavy atom. The van der Waals surface area contributed by atoms with Gasteiger partial charge in [0.15, 0.2) is 0 Å². The van der Waals surface area contributed by atoms with Crippen molar-refractivity contribution in [3.05, 3.63) is 83.6 Å². The van der Waals surface area contributed by atoms with Crippen LogP contribution in [0.2, 0.25) is 0 Å². The number of carbonyl (C=O) groups is 1. The quantitative estimate of drug-likeness (QED) is 0.485. The number of aryl methyl sites for hydroxylation is 1. The van der Waals surface area contributed by atoms with Gasteiger partial charge in [-0.25, -0.2) is 12.8 Å². The third kappa shape index (κ3) is 5.57. The highest BCUT2D eigenvalue weighted by Gasteiger charge is 2.30. The van der Waals surface area contributed by atoms with Crippen LogP contribution in [0.5, 0.6) is 0 Å². The summed E-state index contributed by atoms with van der Waals surface area (Å²) in [6.07, 6.45) is 0. The maximum absolute atomic E-state index is 13.4. The second kappa shape index (κ2) is 10.2. The van der Waals surface area contributed by atoms with Crippen LogP contribution in [-0.4, -0.2) is 55.8 Å². The third-order valence-corrected chi connectivity index (χ3v) is 8.05. The molecule has 0 atom stereocenters. The monoisotopic (exact) mass is 499 g/mol. The molecular weight excluding hydrogens is 469 g/mol. The highest BCUT2D eigenvalue weighted by Crippen LogP contribution is 2.23.